The Kier molecular flexibility index (Phi) is 2.25. The second kappa shape index (κ2) is 3.56. The van der Waals surface area contributed by atoms with Crippen LogP contribution in [0.15, 0.2) is 12.1 Å². The highest BCUT2D eigenvalue weighted by molar-refractivity contribution is 6.05. The van der Waals surface area contributed by atoms with Crippen LogP contribution in [0.5, 0.6) is 5.75 Å². The van der Waals surface area contributed by atoms with Crippen LogP contribution < -0.4 is 4.74 Å². The normalized spacial score (nSPS) is 20.9. The minimum atomic E-state index is -0.385. The zero-order valence-corrected chi connectivity index (χ0v) is 9.88. The van der Waals surface area contributed by atoms with E-state index in [1.807, 2.05) is 0 Å². The molecule has 1 saturated carbocycles. The van der Waals surface area contributed by atoms with E-state index in [9.17, 15) is 9.18 Å². The Hall–Kier alpha value is -1.38. The second-order valence-electron chi connectivity index (χ2n) is 5.13. The number of ether oxygens (including phenoxy) is 1. The molecule has 0 heterocycles. The molecule has 0 N–H and O–H groups in total. The molecule has 0 aromatic heterocycles. The fourth-order valence-electron chi connectivity index (χ4n) is 3.34. The second-order valence-corrected chi connectivity index (χ2v) is 5.13. The van der Waals surface area contributed by atoms with Crippen LogP contribution in [0, 0.1) is 11.2 Å². The molecule has 0 radical (unpaired) electrons. The molecule has 90 valence electrons. The van der Waals surface area contributed by atoms with Gasteiger partial charge in [-0.15, -0.1) is 0 Å². The number of carbonyl (C=O) groups excluding carboxylic acids is 1. The van der Waals surface area contributed by atoms with Crippen molar-refractivity contribution in [2.45, 2.75) is 32.1 Å². The summed E-state index contributed by atoms with van der Waals surface area (Å²) in [5, 5.41) is 0. The van der Waals surface area contributed by atoms with Gasteiger partial charge in [-0.05, 0) is 25.3 Å². The van der Waals surface area contributed by atoms with Gasteiger partial charge in [0.05, 0.1) is 7.11 Å². The number of benzene rings is 1. The number of hydrogen-bond donors (Lipinski definition) is 0. The van der Waals surface area contributed by atoms with Crippen molar-refractivity contribution in [2.24, 2.45) is 5.41 Å². The molecule has 2 nitrogen and oxygen atoms in total. The Labute approximate surface area is 99.8 Å². The number of halogens is 1. The molecule has 1 aromatic carbocycles. The van der Waals surface area contributed by atoms with Crippen molar-refractivity contribution in [2.75, 3.05) is 7.11 Å². The predicted octanol–water partition coefficient (Wildman–Crippen LogP) is 3.13. The van der Waals surface area contributed by atoms with Gasteiger partial charge in [-0.2, -0.15) is 0 Å². The Balaban J connectivity index is 2.13. The molecular formula is C14H15FO2. The average Bonchev–Trinajstić information content (AvgIpc) is 2.88. The molecule has 0 amide bonds. The Morgan fingerprint density at radius 2 is 2.00 bits per heavy atom. The van der Waals surface area contributed by atoms with E-state index < -0.39 is 0 Å². The lowest BCUT2D eigenvalue weighted by Crippen LogP contribution is -2.23. The first kappa shape index (κ1) is 10.8. The third kappa shape index (κ3) is 1.41. The largest absolute Gasteiger partial charge is 0.496 e. The number of carbonyl (C=O) groups is 1. The summed E-state index contributed by atoms with van der Waals surface area (Å²) in [7, 11) is 1.53. The summed E-state index contributed by atoms with van der Waals surface area (Å²) in [6.45, 7) is 0. The first-order valence-corrected chi connectivity index (χ1v) is 6.07. The number of Topliss-reactive ketones (excluding diaryl/α,β-unsaturated/α-hetero) is 1. The number of ketones is 1. The molecule has 2 aliphatic rings. The van der Waals surface area contributed by atoms with Crippen molar-refractivity contribution in [3.05, 3.63) is 29.1 Å². The molecule has 0 aliphatic heterocycles. The maximum absolute atomic E-state index is 13.4. The van der Waals surface area contributed by atoms with E-state index in [1.54, 1.807) is 0 Å². The molecule has 17 heavy (non-hydrogen) atoms. The highest BCUT2D eigenvalue weighted by atomic mass is 19.1. The van der Waals surface area contributed by atoms with Gasteiger partial charge in [0, 0.05) is 22.6 Å². The molecule has 1 spiro atoms. The first-order valence-electron chi connectivity index (χ1n) is 6.07. The van der Waals surface area contributed by atoms with E-state index in [2.05, 4.69) is 0 Å². The van der Waals surface area contributed by atoms with E-state index in [4.69, 9.17) is 4.74 Å². The summed E-state index contributed by atoms with van der Waals surface area (Å²) in [6.07, 6.45) is 4.80. The van der Waals surface area contributed by atoms with Gasteiger partial charge in [0.1, 0.15) is 11.6 Å². The van der Waals surface area contributed by atoms with Gasteiger partial charge in [-0.25, -0.2) is 4.39 Å². The van der Waals surface area contributed by atoms with Crippen LogP contribution in [-0.2, 0) is 6.42 Å². The maximum Gasteiger partial charge on any atom is 0.169 e. The lowest BCUT2D eigenvalue weighted by molar-refractivity contribution is 0.0826. The molecule has 0 bridgehead atoms. The van der Waals surface area contributed by atoms with Gasteiger partial charge in [-0.3, -0.25) is 4.79 Å². The Bertz CT molecular complexity index is 487. The zero-order valence-electron chi connectivity index (χ0n) is 9.88. The average molecular weight is 234 g/mol. The Morgan fingerprint density at radius 1 is 1.29 bits per heavy atom. The lowest BCUT2D eigenvalue weighted by atomic mass is 9.82. The molecule has 1 fully saturated rings. The first-order chi connectivity index (χ1) is 8.16. The SMILES string of the molecule is COc1cc(F)cc2c1CC1(CCCC1)C2=O. The zero-order chi connectivity index (χ0) is 12.0. The van der Waals surface area contributed by atoms with Crippen LogP contribution in [0.25, 0.3) is 0 Å². The van der Waals surface area contributed by atoms with Crippen molar-refractivity contribution in [1.29, 1.82) is 0 Å². The topological polar surface area (TPSA) is 26.3 Å². The fraction of sp³-hybridized carbons (Fsp3) is 0.500. The lowest BCUT2D eigenvalue weighted by Gasteiger charge is -2.19. The van der Waals surface area contributed by atoms with Crippen molar-refractivity contribution in [3.8, 4) is 5.75 Å². The van der Waals surface area contributed by atoms with Gasteiger partial charge in [0.2, 0.25) is 0 Å². The molecule has 0 unspecified atom stereocenters. The summed E-state index contributed by atoms with van der Waals surface area (Å²) in [5.74, 6) is 0.268. The molecular weight excluding hydrogens is 219 g/mol. The van der Waals surface area contributed by atoms with E-state index in [0.29, 0.717) is 11.3 Å². The van der Waals surface area contributed by atoms with Crippen molar-refractivity contribution in [3.63, 3.8) is 0 Å². The highest BCUT2D eigenvalue weighted by Gasteiger charge is 2.48. The van der Waals surface area contributed by atoms with Gasteiger partial charge in [0.25, 0.3) is 0 Å². The molecule has 0 saturated heterocycles. The summed E-state index contributed by atoms with van der Waals surface area (Å²) >= 11 is 0. The van der Waals surface area contributed by atoms with Gasteiger partial charge in [-0.1, -0.05) is 12.8 Å². The monoisotopic (exact) mass is 234 g/mol. The molecule has 2 aliphatic carbocycles. The minimum Gasteiger partial charge on any atom is -0.496 e. The van der Waals surface area contributed by atoms with E-state index in [1.165, 1.54) is 19.2 Å². The fourth-order valence-corrected chi connectivity index (χ4v) is 3.34. The standard InChI is InChI=1S/C14H15FO2/c1-17-12-7-9(15)6-10-11(12)8-14(13(10)16)4-2-3-5-14/h6-7H,2-5,8H2,1H3. The number of hydrogen-bond acceptors (Lipinski definition) is 2. The van der Waals surface area contributed by atoms with Gasteiger partial charge < -0.3 is 4.74 Å². The molecule has 3 heteroatoms. The summed E-state index contributed by atoms with van der Waals surface area (Å²) < 4.78 is 18.6. The van der Waals surface area contributed by atoms with Crippen LogP contribution in [0.1, 0.15) is 41.6 Å². The molecule has 1 aromatic rings. The van der Waals surface area contributed by atoms with E-state index in [0.717, 1.165) is 37.7 Å². The third-order valence-electron chi connectivity index (χ3n) is 4.20. The quantitative estimate of drug-likeness (QED) is 0.746. The predicted molar refractivity (Wildman–Crippen MR) is 61.9 cm³/mol. The summed E-state index contributed by atoms with van der Waals surface area (Å²) in [5.41, 5.74) is 1.20. The van der Waals surface area contributed by atoms with Crippen LogP contribution in [0.3, 0.4) is 0 Å². The van der Waals surface area contributed by atoms with Crippen molar-refractivity contribution in [1.82, 2.24) is 0 Å². The van der Waals surface area contributed by atoms with E-state index in [-0.39, 0.29) is 17.0 Å². The van der Waals surface area contributed by atoms with Crippen LogP contribution in [0.2, 0.25) is 0 Å². The minimum absolute atomic E-state index is 0.128. The van der Waals surface area contributed by atoms with Crippen molar-refractivity contribution < 1.29 is 13.9 Å². The highest BCUT2D eigenvalue weighted by Crippen LogP contribution is 2.50. The smallest absolute Gasteiger partial charge is 0.169 e. The van der Waals surface area contributed by atoms with Crippen LogP contribution >= 0.6 is 0 Å². The van der Waals surface area contributed by atoms with Crippen LogP contribution in [-0.4, -0.2) is 12.9 Å². The number of fused-ring (bicyclic) bond motifs is 1. The number of methoxy groups -OCH3 is 1. The third-order valence-corrected chi connectivity index (χ3v) is 4.20. The van der Waals surface area contributed by atoms with Gasteiger partial charge in [0.15, 0.2) is 5.78 Å². The maximum atomic E-state index is 13.4. The Morgan fingerprint density at radius 3 is 2.65 bits per heavy atom. The molecule has 0 atom stereocenters. The van der Waals surface area contributed by atoms with Crippen LogP contribution in [0.4, 0.5) is 4.39 Å². The van der Waals surface area contributed by atoms with Gasteiger partial charge >= 0.3 is 0 Å². The summed E-state index contributed by atoms with van der Waals surface area (Å²) in [6, 6.07) is 2.74. The van der Waals surface area contributed by atoms with Crippen molar-refractivity contribution >= 4 is 5.78 Å². The summed E-state index contributed by atoms with van der Waals surface area (Å²) in [4.78, 5) is 12.4. The number of rotatable bonds is 1. The molecule has 3 rings (SSSR count). The van der Waals surface area contributed by atoms with E-state index >= 15 is 0 Å².